The Bertz CT molecular complexity index is 716. The van der Waals surface area contributed by atoms with Crippen LogP contribution in [0.4, 0.5) is 10.1 Å². The lowest BCUT2D eigenvalue weighted by Gasteiger charge is -2.19. The van der Waals surface area contributed by atoms with Gasteiger partial charge in [-0.05, 0) is 24.1 Å². The van der Waals surface area contributed by atoms with Crippen LogP contribution in [0, 0.1) is 5.82 Å². The Kier molecular flexibility index (Phi) is 4.55. The molecule has 0 spiro atoms. The second-order valence-corrected chi connectivity index (χ2v) is 8.61. The molecule has 122 valence electrons. The molecule has 1 aromatic rings. The number of hydrogen-bond donors (Lipinski definition) is 0. The molecule has 0 fully saturated rings. The monoisotopic (exact) mass is 347 g/mol. The number of amides is 1. The molecule has 0 saturated heterocycles. The molecule has 1 aromatic carbocycles. The van der Waals surface area contributed by atoms with Crippen LogP contribution in [0.5, 0.6) is 0 Å². The molecule has 4 nitrogen and oxygen atoms in total. The zero-order valence-corrected chi connectivity index (χ0v) is 14.4. The molecule has 0 aliphatic carbocycles. The maximum absolute atomic E-state index is 14.3. The maximum atomic E-state index is 14.3. The van der Waals surface area contributed by atoms with Gasteiger partial charge < -0.3 is 4.90 Å². The minimum absolute atomic E-state index is 0.192. The highest BCUT2D eigenvalue weighted by molar-refractivity contribution is 7.91. The minimum Gasteiger partial charge on any atom is -0.311 e. The lowest BCUT2D eigenvalue weighted by molar-refractivity contribution is -0.116. The first kappa shape index (κ1) is 17.2. The van der Waals surface area contributed by atoms with Crippen molar-refractivity contribution in [2.45, 2.75) is 37.5 Å². The normalized spacial score (nSPS) is 16.7. The van der Waals surface area contributed by atoms with Crippen molar-refractivity contribution in [1.29, 1.82) is 0 Å². The van der Waals surface area contributed by atoms with Crippen LogP contribution in [0.25, 0.3) is 0 Å². The van der Waals surface area contributed by atoms with Gasteiger partial charge in [0.15, 0.2) is 9.84 Å². The first-order chi connectivity index (χ1) is 10.1. The van der Waals surface area contributed by atoms with Crippen LogP contribution >= 0.6 is 11.6 Å². The highest BCUT2D eigenvalue weighted by atomic mass is 35.5. The van der Waals surface area contributed by atoms with E-state index in [9.17, 15) is 17.6 Å². The van der Waals surface area contributed by atoms with Crippen molar-refractivity contribution >= 4 is 33.0 Å². The first-order valence-electron chi connectivity index (χ1n) is 7.01. The first-order valence-corrected chi connectivity index (χ1v) is 9.19. The summed E-state index contributed by atoms with van der Waals surface area (Å²) in [5.74, 6) is -0.983. The molecule has 0 atom stereocenters. The molecule has 0 bridgehead atoms. The van der Waals surface area contributed by atoms with Gasteiger partial charge in [0.2, 0.25) is 5.91 Å². The number of nitrogens with zero attached hydrogens (tertiary/aromatic N) is 1. The summed E-state index contributed by atoms with van der Waals surface area (Å²) in [4.78, 5) is 12.9. The van der Waals surface area contributed by atoms with Crippen molar-refractivity contribution in [1.82, 2.24) is 0 Å². The van der Waals surface area contributed by atoms with Crippen molar-refractivity contribution in [3.8, 4) is 0 Å². The average molecular weight is 348 g/mol. The third-order valence-corrected chi connectivity index (χ3v) is 5.96. The number of benzene rings is 1. The molecular weight excluding hydrogens is 329 g/mol. The summed E-state index contributed by atoms with van der Waals surface area (Å²) < 4.78 is 38.8. The summed E-state index contributed by atoms with van der Waals surface area (Å²) in [6.07, 6.45) is 0.252. The van der Waals surface area contributed by atoms with Crippen molar-refractivity contribution in [3.63, 3.8) is 0 Å². The van der Waals surface area contributed by atoms with Gasteiger partial charge in [-0.25, -0.2) is 12.8 Å². The van der Waals surface area contributed by atoms with Gasteiger partial charge in [-0.3, -0.25) is 4.79 Å². The van der Waals surface area contributed by atoms with Gasteiger partial charge in [0, 0.05) is 30.5 Å². The molecule has 0 radical (unpaired) electrons. The zero-order chi connectivity index (χ0) is 16.7. The molecule has 7 heteroatoms. The molecule has 1 aliphatic rings. The summed E-state index contributed by atoms with van der Waals surface area (Å²) in [6, 6.07) is 2.52. The third-order valence-electron chi connectivity index (χ3n) is 3.89. The number of halogens is 2. The van der Waals surface area contributed by atoms with E-state index in [1.807, 2.05) is 13.8 Å². The van der Waals surface area contributed by atoms with Crippen molar-refractivity contribution in [3.05, 3.63) is 23.5 Å². The quantitative estimate of drug-likeness (QED) is 0.787. The number of carbonyl (C=O) groups is 1. The van der Waals surface area contributed by atoms with Crippen LogP contribution in [0.3, 0.4) is 0 Å². The fourth-order valence-electron chi connectivity index (χ4n) is 2.75. The maximum Gasteiger partial charge on any atom is 0.223 e. The van der Waals surface area contributed by atoms with Crippen LogP contribution in [0.1, 0.15) is 32.8 Å². The van der Waals surface area contributed by atoms with Crippen LogP contribution in [0.15, 0.2) is 17.0 Å². The van der Waals surface area contributed by atoms with E-state index >= 15 is 0 Å². The van der Waals surface area contributed by atoms with Crippen molar-refractivity contribution < 1.29 is 17.6 Å². The van der Waals surface area contributed by atoms with Crippen LogP contribution in [-0.2, 0) is 20.0 Å². The van der Waals surface area contributed by atoms with E-state index in [-0.39, 0.29) is 28.9 Å². The Hall–Kier alpha value is -1.14. The molecule has 0 N–H and O–H groups in total. The summed E-state index contributed by atoms with van der Waals surface area (Å²) in [5.41, 5.74) is 0.708. The topological polar surface area (TPSA) is 54.5 Å². The summed E-state index contributed by atoms with van der Waals surface area (Å²) in [6.45, 7) is 5.62. The standard InChI is InChI=1S/C15H19ClFNO3S/c1-10(19)18-9-15(2,3)11-7-12(17)14(8-13(11)18)22(20,21)6-4-5-16/h7-8H,4-6,9H2,1-3H3. The second kappa shape index (κ2) is 5.81. The summed E-state index contributed by atoms with van der Waals surface area (Å²) >= 11 is 5.52. The Morgan fingerprint density at radius 2 is 2.05 bits per heavy atom. The SMILES string of the molecule is CC(=O)N1CC(C)(C)c2cc(F)c(S(=O)(=O)CCCCl)cc21. The number of alkyl halides is 1. The van der Waals surface area contributed by atoms with Gasteiger partial charge in [0.05, 0.1) is 5.75 Å². The fourth-order valence-corrected chi connectivity index (χ4v) is 4.43. The summed E-state index contributed by atoms with van der Waals surface area (Å²) in [5, 5.41) is 0. The molecule has 1 heterocycles. The van der Waals surface area contributed by atoms with Crippen molar-refractivity contribution in [2.75, 3.05) is 23.1 Å². The fraction of sp³-hybridized carbons (Fsp3) is 0.533. The predicted octanol–water partition coefficient (Wildman–Crippen LogP) is 2.87. The molecular formula is C15H19ClFNO3S. The summed E-state index contributed by atoms with van der Waals surface area (Å²) in [7, 11) is -3.76. The lowest BCUT2D eigenvalue weighted by Crippen LogP contribution is -2.32. The highest BCUT2D eigenvalue weighted by Gasteiger charge is 2.38. The van der Waals surface area contributed by atoms with E-state index in [0.717, 1.165) is 0 Å². The smallest absolute Gasteiger partial charge is 0.223 e. The Balaban J connectivity index is 2.59. The van der Waals surface area contributed by atoms with E-state index in [2.05, 4.69) is 0 Å². The van der Waals surface area contributed by atoms with Gasteiger partial charge in [-0.15, -0.1) is 11.6 Å². The van der Waals surface area contributed by atoms with Crippen LogP contribution < -0.4 is 4.90 Å². The Morgan fingerprint density at radius 1 is 1.41 bits per heavy atom. The van der Waals surface area contributed by atoms with Gasteiger partial charge in [-0.2, -0.15) is 0 Å². The molecule has 0 unspecified atom stereocenters. The third kappa shape index (κ3) is 2.99. The van der Waals surface area contributed by atoms with Crippen LogP contribution in [0.2, 0.25) is 0 Å². The van der Waals surface area contributed by atoms with Gasteiger partial charge in [0.1, 0.15) is 10.7 Å². The number of fused-ring (bicyclic) bond motifs is 1. The number of carbonyl (C=O) groups excluding carboxylic acids is 1. The highest BCUT2D eigenvalue weighted by Crippen LogP contribution is 2.42. The zero-order valence-electron chi connectivity index (χ0n) is 12.8. The molecule has 1 amide bonds. The lowest BCUT2D eigenvalue weighted by atomic mass is 9.87. The van der Waals surface area contributed by atoms with Gasteiger partial charge >= 0.3 is 0 Å². The van der Waals surface area contributed by atoms with E-state index in [0.29, 0.717) is 17.8 Å². The number of hydrogen-bond acceptors (Lipinski definition) is 3. The van der Waals surface area contributed by atoms with Crippen LogP contribution in [-0.4, -0.2) is 32.5 Å². The largest absolute Gasteiger partial charge is 0.311 e. The number of anilines is 1. The van der Waals surface area contributed by atoms with E-state index in [1.165, 1.54) is 24.0 Å². The Labute approximate surface area is 135 Å². The Morgan fingerprint density at radius 3 is 2.59 bits per heavy atom. The molecule has 1 aliphatic heterocycles. The predicted molar refractivity (Wildman–Crippen MR) is 84.8 cm³/mol. The number of rotatable bonds is 4. The van der Waals surface area contributed by atoms with E-state index < -0.39 is 21.1 Å². The minimum atomic E-state index is -3.76. The molecule has 2 rings (SSSR count). The van der Waals surface area contributed by atoms with Gasteiger partial charge in [0.25, 0.3) is 0 Å². The van der Waals surface area contributed by atoms with E-state index in [1.54, 1.807) is 0 Å². The van der Waals surface area contributed by atoms with Crippen molar-refractivity contribution in [2.24, 2.45) is 0 Å². The molecule has 0 saturated carbocycles. The average Bonchev–Trinajstić information content (AvgIpc) is 2.67. The second-order valence-electron chi connectivity index (χ2n) is 6.15. The molecule has 22 heavy (non-hydrogen) atoms. The number of sulfone groups is 1. The van der Waals surface area contributed by atoms with Gasteiger partial charge in [-0.1, -0.05) is 13.8 Å². The molecule has 0 aromatic heterocycles. The van der Waals surface area contributed by atoms with E-state index in [4.69, 9.17) is 11.6 Å².